The third-order valence-corrected chi connectivity index (χ3v) is 4.29. The number of benzene rings is 2. The molecule has 0 aromatic heterocycles. The van der Waals surface area contributed by atoms with Crippen LogP contribution in [0.15, 0.2) is 54.6 Å². The maximum atomic E-state index is 5.98. The summed E-state index contributed by atoms with van der Waals surface area (Å²) in [5, 5.41) is 0. The predicted molar refractivity (Wildman–Crippen MR) is 85.9 cm³/mol. The van der Waals surface area contributed by atoms with Gasteiger partial charge in [-0.3, -0.25) is 4.84 Å². The third kappa shape index (κ3) is 3.52. The van der Waals surface area contributed by atoms with Gasteiger partial charge in [0.15, 0.2) is 0 Å². The van der Waals surface area contributed by atoms with Gasteiger partial charge in [0.2, 0.25) is 0 Å². The zero-order valence-electron chi connectivity index (χ0n) is 12.6. The van der Waals surface area contributed by atoms with E-state index in [-0.39, 0.29) is 6.04 Å². The van der Waals surface area contributed by atoms with Crippen molar-refractivity contribution >= 4 is 0 Å². The summed E-state index contributed by atoms with van der Waals surface area (Å²) in [6, 6.07) is 19.1. The van der Waals surface area contributed by atoms with Crippen LogP contribution in [0.2, 0.25) is 0 Å². The lowest BCUT2D eigenvalue weighted by Crippen LogP contribution is -2.27. The van der Waals surface area contributed by atoms with Crippen molar-refractivity contribution in [2.75, 3.05) is 0 Å². The Morgan fingerprint density at radius 1 is 0.952 bits per heavy atom. The molecule has 0 heterocycles. The number of hydrogen-bond donors (Lipinski definition) is 1. The smallest absolute Gasteiger partial charge is 0.0824 e. The minimum Gasteiger partial charge on any atom is -0.298 e. The Bertz CT molecular complexity index is 561. The Balaban J connectivity index is 1.82. The van der Waals surface area contributed by atoms with Gasteiger partial charge in [0.25, 0.3) is 0 Å². The summed E-state index contributed by atoms with van der Waals surface area (Å²) >= 11 is 0. The quantitative estimate of drug-likeness (QED) is 0.812. The topological polar surface area (TPSA) is 21.3 Å². The average Bonchev–Trinajstić information content (AvgIpc) is 3.04. The van der Waals surface area contributed by atoms with Crippen LogP contribution in [0.25, 0.3) is 0 Å². The molecule has 2 aromatic rings. The van der Waals surface area contributed by atoms with Gasteiger partial charge < -0.3 is 0 Å². The van der Waals surface area contributed by atoms with E-state index in [0.717, 1.165) is 0 Å². The van der Waals surface area contributed by atoms with Gasteiger partial charge in [-0.2, -0.15) is 5.48 Å². The van der Waals surface area contributed by atoms with E-state index < -0.39 is 0 Å². The van der Waals surface area contributed by atoms with Crippen molar-refractivity contribution in [2.24, 2.45) is 0 Å². The van der Waals surface area contributed by atoms with Crippen molar-refractivity contribution in [2.45, 2.75) is 44.8 Å². The van der Waals surface area contributed by atoms with E-state index in [1.807, 2.05) is 0 Å². The van der Waals surface area contributed by atoms with Crippen LogP contribution in [0.1, 0.15) is 48.4 Å². The van der Waals surface area contributed by atoms with Crippen LogP contribution in [0, 0.1) is 6.92 Å². The molecule has 2 heteroatoms. The number of hydroxylamine groups is 1. The molecule has 0 aliphatic heterocycles. The van der Waals surface area contributed by atoms with Crippen LogP contribution in [0.4, 0.5) is 0 Å². The lowest BCUT2D eigenvalue weighted by atomic mass is 9.96. The summed E-state index contributed by atoms with van der Waals surface area (Å²) in [6.45, 7) is 2.16. The van der Waals surface area contributed by atoms with E-state index in [2.05, 4.69) is 67.0 Å². The highest BCUT2D eigenvalue weighted by molar-refractivity contribution is 5.36. The molecule has 0 amide bonds. The molecule has 0 spiro atoms. The van der Waals surface area contributed by atoms with Crippen LogP contribution >= 0.6 is 0 Å². The molecule has 1 fully saturated rings. The fourth-order valence-electron chi connectivity index (χ4n) is 3.04. The minimum absolute atomic E-state index is 0.0907. The molecule has 21 heavy (non-hydrogen) atoms. The second-order valence-corrected chi connectivity index (χ2v) is 5.84. The van der Waals surface area contributed by atoms with E-state index in [0.29, 0.717) is 6.10 Å². The van der Waals surface area contributed by atoms with Crippen LogP contribution in [0.3, 0.4) is 0 Å². The minimum atomic E-state index is 0.0907. The molecule has 2 nitrogen and oxygen atoms in total. The normalized spacial score (nSPS) is 17.0. The molecule has 1 unspecified atom stereocenters. The SMILES string of the molecule is Cc1ccccc1C(NOC1CCCC1)c1ccccc1. The molecule has 2 aromatic carbocycles. The Kier molecular flexibility index (Phi) is 4.69. The number of hydrogen-bond acceptors (Lipinski definition) is 2. The van der Waals surface area contributed by atoms with Crippen molar-refractivity contribution in [1.82, 2.24) is 5.48 Å². The highest BCUT2D eigenvalue weighted by Gasteiger charge is 2.20. The van der Waals surface area contributed by atoms with Gasteiger partial charge >= 0.3 is 0 Å². The molecule has 0 radical (unpaired) electrons. The summed E-state index contributed by atoms with van der Waals surface area (Å²) in [7, 11) is 0. The molecular weight excluding hydrogens is 258 g/mol. The first-order valence-electron chi connectivity index (χ1n) is 7.86. The first-order chi connectivity index (χ1) is 10.3. The lowest BCUT2D eigenvalue weighted by Gasteiger charge is -2.23. The molecule has 1 aliphatic carbocycles. The van der Waals surface area contributed by atoms with Crippen molar-refractivity contribution in [3.63, 3.8) is 0 Å². The third-order valence-electron chi connectivity index (χ3n) is 4.29. The zero-order valence-corrected chi connectivity index (χ0v) is 12.6. The van der Waals surface area contributed by atoms with Gasteiger partial charge in [0.05, 0.1) is 12.1 Å². The highest BCUT2D eigenvalue weighted by atomic mass is 16.7. The summed E-state index contributed by atoms with van der Waals surface area (Å²) in [5.41, 5.74) is 7.14. The molecular formula is C19H23NO. The van der Waals surface area contributed by atoms with Gasteiger partial charge in [-0.15, -0.1) is 0 Å². The Labute approximate surface area is 127 Å². The molecule has 0 saturated heterocycles. The van der Waals surface area contributed by atoms with Crippen LogP contribution in [0.5, 0.6) is 0 Å². The van der Waals surface area contributed by atoms with Gasteiger partial charge in [-0.1, -0.05) is 67.4 Å². The Morgan fingerprint density at radius 2 is 1.62 bits per heavy atom. The van der Waals surface area contributed by atoms with Gasteiger partial charge in [0.1, 0.15) is 0 Å². The van der Waals surface area contributed by atoms with E-state index in [1.165, 1.54) is 42.4 Å². The maximum Gasteiger partial charge on any atom is 0.0824 e. The van der Waals surface area contributed by atoms with Crippen molar-refractivity contribution in [3.8, 4) is 0 Å². The average molecular weight is 281 g/mol. The van der Waals surface area contributed by atoms with Gasteiger partial charge in [-0.25, -0.2) is 0 Å². The number of nitrogens with one attached hydrogen (secondary N) is 1. The van der Waals surface area contributed by atoms with E-state index in [9.17, 15) is 0 Å². The van der Waals surface area contributed by atoms with E-state index >= 15 is 0 Å². The molecule has 3 rings (SSSR count). The molecule has 1 N–H and O–H groups in total. The zero-order chi connectivity index (χ0) is 14.5. The van der Waals surface area contributed by atoms with Crippen molar-refractivity contribution in [3.05, 3.63) is 71.3 Å². The summed E-state index contributed by atoms with van der Waals surface area (Å²) in [5.74, 6) is 0. The van der Waals surface area contributed by atoms with Crippen LogP contribution in [-0.2, 0) is 4.84 Å². The monoisotopic (exact) mass is 281 g/mol. The number of aryl methyl sites for hydroxylation is 1. The first-order valence-corrected chi connectivity index (χ1v) is 7.86. The van der Waals surface area contributed by atoms with E-state index in [1.54, 1.807) is 0 Å². The first kappa shape index (κ1) is 14.3. The largest absolute Gasteiger partial charge is 0.298 e. The summed E-state index contributed by atoms with van der Waals surface area (Å²) in [6.07, 6.45) is 5.27. The van der Waals surface area contributed by atoms with Crippen molar-refractivity contribution in [1.29, 1.82) is 0 Å². The van der Waals surface area contributed by atoms with Gasteiger partial charge in [-0.05, 0) is 36.5 Å². The second kappa shape index (κ2) is 6.88. The fraction of sp³-hybridized carbons (Fsp3) is 0.368. The molecule has 1 aliphatic rings. The van der Waals surface area contributed by atoms with Crippen LogP contribution in [-0.4, -0.2) is 6.10 Å². The Morgan fingerprint density at radius 3 is 2.33 bits per heavy atom. The highest BCUT2D eigenvalue weighted by Crippen LogP contribution is 2.27. The maximum absolute atomic E-state index is 5.98. The van der Waals surface area contributed by atoms with Crippen molar-refractivity contribution < 1.29 is 4.84 Å². The Hall–Kier alpha value is -1.64. The predicted octanol–water partition coefficient (Wildman–Crippen LogP) is 4.55. The molecule has 110 valence electrons. The molecule has 0 bridgehead atoms. The number of rotatable bonds is 5. The molecule has 1 saturated carbocycles. The second-order valence-electron chi connectivity index (χ2n) is 5.84. The van der Waals surface area contributed by atoms with Gasteiger partial charge in [0, 0.05) is 0 Å². The molecule has 1 atom stereocenters. The van der Waals surface area contributed by atoms with Crippen LogP contribution < -0.4 is 5.48 Å². The summed E-state index contributed by atoms with van der Waals surface area (Å²) in [4.78, 5) is 5.98. The lowest BCUT2D eigenvalue weighted by molar-refractivity contribution is -0.0341. The standard InChI is InChI=1S/C19H23NO/c1-15-9-5-8-14-18(15)19(16-10-3-2-4-11-16)20-21-17-12-6-7-13-17/h2-5,8-11,14,17,19-20H,6-7,12-13H2,1H3. The summed E-state index contributed by atoms with van der Waals surface area (Å²) < 4.78 is 0. The van der Waals surface area contributed by atoms with E-state index in [4.69, 9.17) is 4.84 Å². The fourth-order valence-corrected chi connectivity index (χ4v) is 3.04.